The predicted octanol–water partition coefficient (Wildman–Crippen LogP) is 4.58. The van der Waals surface area contributed by atoms with Crippen molar-refractivity contribution < 1.29 is 4.74 Å². The van der Waals surface area contributed by atoms with Gasteiger partial charge in [0.15, 0.2) is 0 Å². The summed E-state index contributed by atoms with van der Waals surface area (Å²) in [6, 6.07) is 0. The highest BCUT2D eigenvalue weighted by atomic mass is 16.5. The van der Waals surface area contributed by atoms with Crippen molar-refractivity contribution in [2.45, 2.75) is 59.3 Å². The molecule has 0 bridgehead atoms. The normalized spacial score (nSPS) is 10.0. The highest BCUT2D eigenvalue weighted by molar-refractivity contribution is 4.79. The minimum absolute atomic E-state index is 0.889. The molecule has 86 valence electrons. The maximum Gasteiger partial charge on any atom is 0.0459 e. The van der Waals surface area contributed by atoms with E-state index in [0.717, 1.165) is 13.0 Å². The van der Waals surface area contributed by atoms with Crippen LogP contribution in [0.25, 0.3) is 0 Å². The fraction of sp³-hybridized carbons (Fsp3) is 0.846. The van der Waals surface area contributed by atoms with Crippen LogP contribution in [0.15, 0.2) is 12.2 Å². The molecule has 0 aliphatic carbocycles. The number of hydrogen-bond donors (Lipinski definition) is 0. The van der Waals surface area contributed by atoms with E-state index in [9.17, 15) is 0 Å². The van der Waals surface area contributed by atoms with Gasteiger partial charge in [-0.1, -0.05) is 45.8 Å². The van der Waals surface area contributed by atoms with E-state index in [1.807, 2.05) is 0 Å². The van der Waals surface area contributed by atoms with Gasteiger partial charge in [-0.3, -0.25) is 0 Å². The summed E-state index contributed by atoms with van der Waals surface area (Å²) in [4.78, 5) is 0. The molecule has 0 aliphatic rings. The van der Waals surface area contributed by atoms with Crippen LogP contribution in [-0.2, 0) is 4.74 Å². The standard InChI is InChI=1S/C9H18.C4H10O/c1-3-5-7-9-8-6-4-2;1-3-4-5-2/h5,7H,3-4,6,8-9H2,1-2H3;3-4H2,1-2H3/b7-5-;. The lowest BCUT2D eigenvalue weighted by atomic mass is 10.2. The predicted molar refractivity (Wildman–Crippen MR) is 65.7 cm³/mol. The van der Waals surface area contributed by atoms with Gasteiger partial charge in [0.05, 0.1) is 0 Å². The summed E-state index contributed by atoms with van der Waals surface area (Å²) in [6.45, 7) is 7.39. The lowest BCUT2D eigenvalue weighted by molar-refractivity contribution is 0.199. The van der Waals surface area contributed by atoms with Gasteiger partial charge in [-0.25, -0.2) is 0 Å². The Morgan fingerprint density at radius 1 is 0.929 bits per heavy atom. The molecular formula is C13H28O. The quantitative estimate of drug-likeness (QED) is 0.432. The highest BCUT2D eigenvalue weighted by Gasteiger charge is 1.79. The number of ether oxygens (including phenoxy) is 1. The van der Waals surface area contributed by atoms with Gasteiger partial charge in [-0.05, 0) is 25.7 Å². The Morgan fingerprint density at radius 2 is 1.64 bits per heavy atom. The Labute approximate surface area is 90.5 Å². The zero-order valence-electron chi connectivity index (χ0n) is 10.5. The summed E-state index contributed by atoms with van der Waals surface area (Å²) in [5.74, 6) is 0. The van der Waals surface area contributed by atoms with Gasteiger partial charge in [0, 0.05) is 13.7 Å². The summed E-state index contributed by atoms with van der Waals surface area (Å²) in [5.41, 5.74) is 0. The fourth-order valence-corrected chi connectivity index (χ4v) is 1.00. The molecule has 0 fully saturated rings. The highest BCUT2D eigenvalue weighted by Crippen LogP contribution is 1.99. The van der Waals surface area contributed by atoms with E-state index >= 15 is 0 Å². The number of rotatable bonds is 7. The fourth-order valence-electron chi connectivity index (χ4n) is 1.00. The van der Waals surface area contributed by atoms with Gasteiger partial charge in [-0.15, -0.1) is 0 Å². The van der Waals surface area contributed by atoms with E-state index in [1.165, 1.54) is 32.1 Å². The van der Waals surface area contributed by atoms with Crippen LogP contribution in [0.5, 0.6) is 0 Å². The Hall–Kier alpha value is -0.300. The number of hydrogen-bond acceptors (Lipinski definition) is 1. The molecule has 0 aromatic carbocycles. The minimum Gasteiger partial charge on any atom is -0.385 e. The molecule has 0 aliphatic heterocycles. The van der Waals surface area contributed by atoms with Crippen LogP contribution >= 0.6 is 0 Å². The van der Waals surface area contributed by atoms with Gasteiger partial charge in [-0.2, -0.15) is 0 Å². The van der Waals surface area contributed by atoms with Crippen molar-refractivity contribution in [3.63, 3.8) is 0 Å². The summed E-state index contributed by atoms with van der Waals surface area (Å²) in [6.07, 6.45) is 12.2. The Kier molecular flexibility index (Phi) is 21.3. The van der Waals surface area contributed by atoms with Crippen LogP contribution in [-0.4, -0.2) is 13.7 Å². The van der Waals surface area contributed by atoms with E-state index in [2.05, 4.69) is 32.9 Å². The average molecular weight is 200 g/mol. The summed E-state index contributed by atoms with van der Waals surface area (Å²) >= 11 is 0. The first-order valence-electron chi connectivity index (χ1n) is 5.97. The first-order valence-corrected chi connectivity index (χ1v) is 5.97. The van der Waals surface area contributed by atoms with Crippen LogP contribution in [0.3, 0.4) is 0 Å². The SMILES string of the molecule is CC/C=C\CCCCC.CCCOC. The minimum atomic E-state index is 0.889. The molecule has 0 spiro atoms. The van der Waals surface area contributed by atoms with E-state index in [-0.39, 0.29) is 0 Å². The Balaban J connectivity index is 0. The van der Waals surface area contributed by atoms with E-state index in [1.54, 1.807) is 7.11 Å². The van der Waals surface area contributed by atoms with E-state index in [4.69, 9.17) is 4.74 Å². The van der Waals surface area contributed by atoms with Crippen LogP contribution in [0.1, 0.15) is 59.3 Å². The van der Waals surface area contributed by atoms with Gasteiger partial charge < -0.3 is 4.74 Å². The molecule has 0 saturated heterocycles. The number of allylic oxidation sites excluding steroid dienone is 2. The molecule has 0 N–H and O–H groups in total. The Morgan fingerprint density at radius 3 is 2.00 bits per heavy atom. The number of methoxy groups -OCH3 is 1. The molecule has 0 saturated carbocycles. The lowest BCUT2D eigenvalue weighted by Crippen LogP contribution is -1.80. The van der Waals surface area contributed by atoms with Crippen molar-refractivity contribution in [3.05, 3.63) is 12.2 Å². The molecular weight excluding hydrogens is 172 g/mol. The second kappa shape index (κ2) is 18.5. The molecule has 1 nitrogen and oxygen atoms in total. The zero-order chi connectivity index (χ0) is 11.1. The Bertz CT molecular complexity index is 95.4. The van der Waals surface area contributed by atoms with E-state index in [0.29, 0.717) is 0 Å². The lowest BCUT2D eigenvalue weighted by Gasteiger charge is -1.89. The molecule has 0 radical (unpaired) electrons. The average Bonchev–Trinajstić information content (AvgIpc) is 2.20. The molecule has 0 amide bonds. The summed E-state index contributed by atoms with van der Waals surface area (Å²) in [5, 5.41) is 0. The zero-order valence-corrected chi connectivity index (χ0v) is 10.5. The molecule has 0 aromatic rings. The molecule has 0 rings (SSSR count). The molecule has 0 heterocycles. The number of unbranched alkanes of at least 4 members (excludes halogenated alkanes) is 3. The van der Waals surface area contributed by atoms with Gasteiger partial charge in [0.25, 0.3) is 0 Å². The van der Waals surface area contributed by atoms with E-state index < -0.39 is 0 Å². The first kappa shape index (κ1) is 16.1. The van der Waals surface area contributed by atoms with Crippen molar-refractivity contribution in [2.24, 2.45) is 0 Å². The van der Waals surface area contributed by atoms with Crippen molar-refractivity contribution in [3.8, 4) is 0 Å². The van der Waals surface area contributed by atoms with Crippen molar-refractivity contribution in [1.82, 2.24) is 0 Å². The third-order valence-electron chi connectivity index (χ3n) is 1.78. The van der Waals surface area contributed by atoms with Crippen molar-refractivity contribution >= 4 is 0 Å². The molecule has 14 heavy (non-hydrogen) atoms. The molecule has 0 unspecified atom stereocenters. The third-order valence-corrected chi connectivity index (χ3v) is 1.78. The molecule has 0 aromatic heterocycles. The van der Waals surface area contributed by atoms with Crippen LogP contribution in [0, 0.1) is 0 Å². The largest absolute Gasteiger partial charge is 0.385 e. The monoisotopic (exact) mass is 200 g/mol. The first-order chi connectivity index (χ1) is 6.83. The second-order valence-electron chi connectivity index (χ2n) is 3.37. The van der Waals surface area contributed by atoms with Crippen molar-refractivity contribution in [2.75, 3.05) is 13.7 Å². The topological polar surface area (TPSA) is 9.23 Å². The van der Waals surface area contributed by atoms with Gasteiger partial charge in [0.1, 0.15) is 0 Å². The van der Waals surface area contributed by atoms with Crippen molar-refractivity contribution in [1.29, 1.82) is 0 Å². The van der Waals surface area contributed by atoms with Crippen LogP contribution < -0.4 is 0 Å². The van der Waals surface area contributed by atoms with Gasteiger partial charge in [0.2, 0.25) is 0 Å². The third kappa shape index (κ3) is 22.6. The maximum atomic E-state index is 4.69. The maximum absolute atomic E-state index is 4.69. The molecule has 0 atom stereocenters. The summed E-state index contributed by atoms with van der Waals surface area (Å²) in [7, 11) is 1.71. The molecule has 1 heteroatoms. The van der Waals surface area contributed by atoms with Crippen LogP contribution in [0.4, 0.5) is 0 Å². The summed E-state index contributed by atoms with van der Waals surface area (Å²) < 4.78 is 4.69. The van der Waals surface area contributed by atoms with Crippen LogP contribution in [0.2, 0.25) is 0 Å². The second-order valence-corrected chi connectivity index (χ2v) is 3.37. The smallest absolute Gasteiger partial charge is 0.0459 e. The van der Waals surface area contributed by atoms with Gasteiger partial charge >= 0.3 is 0 Å².